The van der Waals surface area contributed by atoms with E-state index in [-0.39, 0.29) is 5.75 Å². The van der Waals surface area contributed by atoms with Crippen molar-refractivity contribution in [1.82, 2.24) is 9.97 Å². The number of amides is 1. The molecule has 5 nitrogen and oxygen atoms in total. The lowest BCUT2D eigenvalue weighted by Crippen LogP contribution is -2.11. The summed E-state index contributed by atoms with van der Waals surface area (Å²) >= 11 is 0. The minimum Gasteiger partial charge on any atom is -0.508 e. The number of primary amides is 1. The molecule has 0 atom stereocenters. The largest absolute Gasteiger partial charge is 0.508 e. The molecule has 0 saturated carbocycles. The van der Waals surface area contributed by atoms with E-state index in [0.29, 0.717) is 24.4 Å². The van der Waals surface area contributed by atoms with Gasteiger partial charge in [0.05, 0.1) is 6.20 Å². The van der Waals surface area contributed by atoms with E-state index >= 15 is 0 Å². The number of carbonyl (C=O) groups excluding carboxylic acids is 1. The number of aromatic hydroxyl groups is 1. The van der Waals surface area contributed by atoms with Gasteiger partial charge in [0, 0.05) is 6.42 Å². The van der Waals surface area contributed by atoms with Gasteiger partial charge in [-0.2, -0.15) is 0 Å². The van der Waals surface area contributed by atoms with Gasteiger partial charge in [-0.3, -0.25) is 4.79 Å². The van der Waals surface area contributed by atoms with Crippen LogP contribution in [0.2, 0.25) is 0 Å². The number of phenolic OH excluding ortho intramolecular Hbond substituents is 1. The number of nitrogens with zero attached hydrogens (tertiary/aromatic N) is 1. The molecule has 0 aliphatic carbocycles. The van der Waals surface area contributed by atoms with Crippen LogP contribution in [0.5, 0.6) is 5.75 Å². The summed E-state index contributed by atoms with van der Waals surface area (Å²) in [6, 6.07) is 7.14. The van der Waals surface area contributed by atoms with Gasteiger partial charge in [-0.05, 0) is 18.1 Å². The first-order valence-electron chi connectivity index (χ1n) is 5.27. The third-order valence-corrected chi connectivity index (χ3v) is 2.52. The first-order valence-corrected chi connectivity index (χ1v) is 5.27. The van der Waals surface area contributed by atoms with E-state index in [0.717, 1.165) is 5.56 Å². The van der Waals surface area contributed by atoms with Crippen LogP contribution in [0.15, 0.2) is 30.5 Å². The van der Waals surface area contributed by atoms with Crippen LogP contribution >= 0.6 is 0 Å². The molecule has 1 aromatic heterocycles. The standard InChI is InChI=1S/C12H13N3O2/c13-12(17)9-7-14-11(15-9)6-5-8-3-1-2-4-10(8)16/h1-4,7,16H,5-6H2,(H2,13,17)(H,14,15). The van der Waals surface area contributed by atoms with Crippen LogP contribution in [0.4, 0.5) is 0 Å². The average molecular weight is 231 g/mol. The van der Waals surface area contributed by atoms with Gasteiger partial charge in [-0.25, -0.2) is 4.98 Å². The van der Waals surface area contributed by atoms with Crippen LogP contribution in [0.1, 0.15) is 21.9 Å². The number of benzene rings is 1. The van der Waals surface area contributed by atoms with Crippen molar-refractivity contribution in [2.24, 2.45) is 5.73 Å². The molecule has 2 aromatic rings. The molecule has 4 N–H and O–H groups in total. The smallest absolute Gasteiger partial charge is 0.266 e. The van der Waals surface area contributed by atoms with E-state index in [9.17, 15) is 9.90 Å². The molecule has 0 fully saturated rings. The maximum absolute atomic E-state index is 10.9. The SMILES string of the molecule is NC(=O)c1cnc(CCc2ccccc2O)[nH]1. The molecule has 0 radical (unpaired) electrons. The van der Waals surface area contributed by atoms with Crippen LogP contribution in [-0.4, -0.2) is 21.0 Å². The molecule has 0 spiro atoms. The van der Waals surface area contributed by atoms with Crippen LogP contribution < -0.4 is 5.73 Å². The summed E-state index contributed by atoms with van der Waals surface area (Å²) in [6.07, 6.45) is 2.69. The summed E-state index contributed by atoms with van der Waals surface area (Å²) < 4.78 is 0. The summed E-state index contributed by atoms with van der Waals surface area (Å²) in [5.74, 6) is 0.433. The molecule has 88 valence electrons. The maximum Gasteiger partial charge on any atom is 0.266 e. The Morgan fingerprint density at radius 1 is 1.35 bits per heavy atom. The van der Waals surface area contributed by atoms with E-state index in [4.69, 9.17) is 5.73 Å². The first-order chi connectivity index (χ1) is 8.16. The van der Waals surface area contributed by atoms with E-state index in [2.05, 4.69) is 9.97 Å². The summed E-state index contributed by atoms with van der Waals surface area (Å²) in [5, 5.41) is 9.58. The van der Waals surface area contributed by atoms with Crippen LogP contribution in [0.25, 0.3) is 0 Å². The van der Waals surface area contributed by atoms with Gasteiger partial charge in [0.15, 0.2) is 0 Å². The second kappa shape index (κ2) is 4.69. The van der Waals surface area contributed by atoms with Crippen molar-refractivity contribution >= 4 is 5.91 Å². The second-order valence-electron chi connectivity index (χ2n) is 3.74. The lowest BCUT2D eigenvalue weighted by Gasteiger charge is -2.02. The van der Waals surface area contributed by atoms with Crippen LogP contribution in [-0.2, 0) is 12.8 Å². The number of nitrogens with one attached hydrogen (secondary N) is 1. The number of aromatic nitrogens is 2. The van der Waals surface area contributed by atoms with Crippen molar-refractivity contribution in [3.05, 3.63) is 47.5 Å². The fourth-order valence-electron chi connectivity index (χ4n) is 1.59. The van der Waals surface area contributed by atoms with Crippen LogP contribution in [0.3, 0.4) is 0 Å². The Labute approximate surface area is 98.3 Å². The normalized spacial score (nSPS) is 10.4. The molecule has 0 bridgehead atoms. The number of para-hydroxylation sites is 1. The average Bonchev–Trinajstić information content (AvgIpc) is 2.77. The van der Waals surface area contributed by atoms with Crippen molar-refractivity contribution in [3.8, 4) is 5.75 Å². The third kappa shape index (κ3) is 2.63. The van der Waals surface area contributed by atoms with E-state index in [1.54, 1.807) is 12.1 Å². The zero-order valence-corrected chi connectivity index (χ0v) is 9.18. The predicted octanol–water partition coefficient (Wildman–Crippen LogP) is 0.999. The van der Waals surface area contributed by atoms with Gasteiger partial charge in [0.1, 0.15) is 17.3 Å². The highest BCUT2D eigenvalue weighted by Crippen LogP contribution is 2.17. The highest BCUT2D eigenvalue weighted by Gasteiger charge is 2.06. The van der Waals surface area contributed by atoms with Gasteiger partial charge < -0.3 is 15.8 Å². The molecule has 17 heavy (non-hydrogen) atoms. The Balaban J connectivity index is 2.02. The van der Waals surface area contributed by atoms with Crippen molar-refractivity contribution in [2.75, 3.05) is 0 Å². The van der Waals surface area contributed by atoms with Crippen molar-refractivity contribution in [1.29, 1.82) is 0 Å². The van der Waals surface area contributed by atoms with Gasteiger partial charge in [-0.1, -0.05) is 18.2 Å². The predicted molar refractivity (Wildman–Crippen MR) is 62.6 cm³/mol. The number of carbonyl (C=O) groups is 1. The highest BCUT2D eigenvalue weighted by atomic mass is 16.3. The Morgan fingerprint density at radius 2 is 2.12 bits per heavy atom. The quantitative estimate of drug-likeness (QED) is 0.732. The number of aryl methyl sites for hydroxylation is 2. The molecule has 0 saturated heterocycles. The number of phenols is 1. The molecular weight excluding hydrogens is 218 g/mol. The maximum atomic E-state index is 10.9. The number of H-pyrrole nitrogens is 1. The molecular formula is C12H13N3O2. The third-order valence-electron chi connectivity index (χ3n) is 2.52. The fraction of sp³-hybridized carbons (Fsp3) is 0.167. The van der Waals surface area contributed by atoms with Crippen molar-refractivity contribution in [2.45, 2.75) is 12.8 Å². The van der Waals surface area contributed by atoms with Gasteiger partial charge >= 0.3 is 0 Å². The van der Waals surface area contributed by atoms with Gasteiger partial charge in [-0.15, -0.1) is 0 Å². The van der Waals surface area contributed by atoms with E-state index in [1.807, 2.05) is 12.1 Å². The zero-order valence-electron chi connectivity index (χ0n) is 9.18. The van der Waals surface area contributed by atoms with Gasteiger partial charge in [0.2, 0.25) is 0 Å². The van der Waals surface area contributed by atoms with E-state index in [1.165, 1.54) is 6.20 Å². The molecule has 2 rings (SSSR count). The molecule has 1 amide bonds. The monoisotopic (exact) mass is 231 g/mol. The second-order valence-corrected chi connectivity index (χ2v) is 3.74. The summed E-state index contributed by atoms with van der Waals surface area (Å²) in [7, 11) is 0. The lowest BCUT2D eigenvalue weighted by molar-refractivity contribution is 0.0996. The minimum atomic E-state index is -0.522. The first kappa shape index (κ1) is 11.2. The number of rotatable bonds is 4. The summed E-state index contributed by atoms with van der Waals surface area (Å²) in [6.45, 7) is 0. The Bertz CT molecular complexity index is 534. The number of hydrogen-bond acceptors (Lipinski definition) is 3. The highest BCUT2D eigenvalue weighted by molar-refractivity contribution is 5.90. The Kier molecular flexibility index (Phi) is 3.09. The van der Waals surface area contributed by atoms with Crippen molar-refractivity contribution in [3.63, 3.8) is 0 Å². The molecule has 0 unspecified atom stereocenters. The number of imidazole rings is 1. The number of nitrogens with two attached hydrogens (primary N) is 1. The summed E-state index contributed by atoms with van der Waals surface area (Å²) in [5.41, 5.74) is 6.26. The Morgan fingerprint density at radius 3 is 2.76 bits per heavy atom. The topological polar surface area (TPSA) is 92.0 Å². The van der Waals surface area contributed by atoms with Crippen molar-refractivity contribution < 1.29 is 9.90 Å². The summed E-state index contributed by atoms with van der Waals surface area (Å²) in [4.78, 5) is 17.7. The molecule has 0 aliphatic rings. The lowest BCUT2D eigenvalue weighted by atomic mass is 10.1. The fourth-order valence-corrected chi connectivity index (χ4v) is 1.59. The Hall–Kier alpha value is -2.30. The van der Waals surface area contributed by atoms with Gasteiger partial charge in [0.25, 0.3) is 5.91 Å². The molecule has 0 aliphatic heterocycles. The number of hydrogen-bond donors (Lipinski definition) is 3. The minimum absolute atomic E-state index is 0.272. The van der Waals surface area contributed by atoms with E-state index < -0.39 is 5.91 Å². The molecule has 1 heterocycles. The molecule has 1 aromatic carbocycles. The number of aromatic amines is 1. The zero-order chi connectivity index (χ0) is 12.3. The van der Waals surface area contributed by atoms with Crippen LogP contribution in [0, 0.1) is 0 Å². The molecule has 5 heteroatoms.